The Hall–Kier alpha value is -1.14. The van der Waals surface area contributed by atoms with Crippen molar-refractivity contribution in [2.24, 2.45) is 5.73 Å². The van der Waals surface area contributed by atoms with Crippen LogP contribution in [0.5, 0.6) is 0 Å². The molecule has 1 aliphatic heterocycles. The average molecular weight is 270 g/mol. The fourth-order valence-corrected chi connectivity index (χ4v) is 2.12. The summed E-state index contributed by atoms with van der Waals surface area (Å²) in [6, 6.07) is -0.773. The lowest BCUT2D eigenvalue weighted by Gasteiger charge is -2.38. The van der Waals surface area contributed by atoms with E-state index in [1.807, 2.05) is 32.6 Å². The van der Waals surface area contributed by atoms with Crippen LogP contribution in [0.2, 0.25) is 0 Å². The summed E-state index contributed by atoms with van der Waals surface area (Å²) in [6.45, 7) is 9.74. The van der Waals surface area contributed by atoms with E-state index in [1.165, 1.54) is 0 Å². The van der Waals surface area contributed by atoms with E-state index in [0.29, 0.717) is 13.1 Å². The summed E-state index contributed by atoms with van der Waals surface area (Å²) in [4.78, 5) is 25.6. The molecule has 0 aliphatic carbocycles. The number of nitrogens with two attached hydrogens (primary N) is 1. The Bertz CT molecular complexity index is 344. The zero-order chi connectivity index (χ0) is 14.6. The highest BCUT2D eigenvalue weighted by Crippen LogP contribution is 2.12. The molecule has 0 aromatic rings. The van der Waals surface area contributed by atoms with Gasteiger partial charge in [0.05, 0.1) is 6.04 Å². The zero-order valence-corrected chi connectivity index (χ0v) is 12.3. The molecule has 0 aromatic heterocycles. The van der Waals surface area contributed by atoms with Gasteiger partial charge in [-0.15, -0.1) is 0 Å². The molecule has 19 heavy (non-hydrogen) atoms. The normalized spacial score (nSPS) is 22.8. The molecule has 2 unspecified atom stereocenters. The Morgan fingerprint density at radius 1 is 1.53 bits per heavy atom. The van der Waals surface area contributed by atoms with Gasteiger partial charge in [-0.25, -0.2) is 0 Å². The van der Waals surface area contributed by atoms with Crippen LogP contribution in [-0.2, 0) is 9.59 Å². The van der Waals surface area contributed by atoms with Crippen molar-refractivity contribution in [3.63, 3.8) is 0 Å². The lowest BCUT2D eigenvalue weighted by atomic mass is 10.0. The third-order valence-corrected chi connectivity index (χ3v) is 3.84. The highest BCUT2D eigenvalue weighted by molar-refractivity contribution is 5.85. The minimum Gasteiger partial charge on any atom is -0.368 e. The van der Waals surface area contributed by atoms with Crippen LogP contribution < -0.4 is 16.4 Å². The molecule has 1 saturated heterocycles. The van der Waals surface area contributed by atoms with Gasteiger partial charge in [0.2, 0.25) is 11.8 Å². The number of rotatable bonds is 5. The Kier molecular flexibility index (Phi) is 5.31. The van der Waals surface area contributed by atoms with Gasteiger partial charge >= 0.3 is 0 Å². The number of piperazine rings is 1. The van der Waals surface area contributed by atoms with Crippen molar-refractivity contribution in [2.75, 3.05) is 19.6 Å². The molecule has 4 N–H and O–H groups in total. The summed E-state index contributed by atoms with van der Waals surface area (Å²) in [5.41, 5.74) is 5.16. The number of primary amides is 1. The van der Waals surface area contributed by atoms with E-state index in [0.717, 1.165) is 13.0 Å². The third-order valence-electron chi connectivity index (χ3n) is 3.84. The first-order valence-corrected chi connectivity index (χ1v) is 6.86. The Morgan fingerprint density at radius 3 is 2.68 bits per heavy atom. The van der Waals surface area contributed by atoms with Crippen LogP contribution in [0.15, 0.2) is 0 Å². The Balaban J connectivity index is 2.71. The minimum atomic E-state index is -0.417. The van der Waals surface area contributed by atoms with Crippen molar-refractivity contribution in [3.05, 3.63) is 0 Å². The second-order valence-electron chi connectivity index (χ2n) is 5.76. The highest BCUT2D eigenvalue weighted by Gasteiger charge is 2.34. The molecule has 6 heteroatoms. The number of hydrogen-bond acceptors (Lipinski definition) is 4. The smallest absolute Gasteiger partial charge is 0.237 e. The molecule has 6 nitrogen and oxygen atoms in total. The molecule has 2 amide bonds. The second-order valence-corrected chi connectivity index (χ2v) is 5.76. The van der Waals surface area contributed by atoms with Gasteiger partial charge in [-0.2, -0.15) is 0 Å². The van der Waals surface area contributed by atoms with Crippen LogP contribution in [0.25, 0.3) is 0 Å². The van der Waals surface area contributed by atoms with Crippen LogP contribution in [0.4, 0.5) is 0 Å². The molecular formula is C13H26N4O2. The summed E-state index contributed by atoms with van der Waals surface area (Å²) in [5.74, 6) is -0.443. The van der Waals surface area contributed by atoms with Crippen LogP contribution >= 0.6 is 0 Å². The second kappa shape index (κ2) is 6.34. The van der Waals surface area contributed by atoms with Crippen LogP contribution in [-0.4, -0.2) is 54.0 Å². The topological polar surface area (TPSA) is 87.5 Å². The number of amides is 2. The number of nitrogens with one attached hydrogen (secondary N) is 2. The van der Waals surface area contributed by atoms with Gasteiger partial charge < -0.3 is 16.4 Å². The van der Waals surface area contributed by atoms with E-state index in [2.05, 4.69) is 10.6 Å². The van der Waals surface area contributed by atoms with Gasteiger partial charge in [0, 0.05) is 25.2 Å². The molecule has 110 valence electrons. The van der Waals surface area contributed by atoms with Crippen molar-refractivity contribution in [3.8, 4) is 0 Å². The molecule has 1 rings (SSSR count). The summed E-state index contributed by atoms with van der Waals surface area (Å²) in [7, 11) is 0. The minimum absolute atomic E-state index is 0.0556. The van der Waals surface area contributed by atoms with Crippen LogP contribution in [0, 0.1) is 0 Å². The first-order valence-electron chi connectivity index (χ1n) is 6.86. The number of nitrogens with zero attached hydrogens (tertiary/aromatic N) is 1. The van der Waals surface area contributed by atoms with E-state index in [-0.39, 0.29) is 23.4 Å². The maximum atomic E-state index is 12.3. The predicted octanol–water partition coefficient (Wildman–Crippen LogP) is -0.561. The molecule has 0 spiro atoms. The number of carbonyl (C=O) groups is 2. The van der Waals surface area contributed by atoms with Crippen LogP contribution in [0.3, 0.4) is 0 Å². The summed E-state index contributed by atoms with van der Waals surface area (Å²) in [5, 5.41) is 6.13. The molecule has 0 bridgehead atoms. The molecular weight excluding hydrogens is 244 g/mol. The molecule has 0 saturated carbocycles. The van der Waals surface area contributed by atoms with Crippen molar-refractivity contribution >= 4 is 11.8 Å². The highest BCUT2D eigenvalue weighted by atomic mass is 16.2. The fourth-order valence-electron chi connectivity index (χ4n) is 2.12. The largest absolute Gasteiger partial charge is 0.368 e. The molecule has 2 atom stereocenters. The van der Waals surface area contributed by atoms with E-state index in [1.54, 1.807) is 0 Å². The predicted molar refractivity (Wildman–Crippen MR) is 74.5 cm³/mol. The molecule has 1 heterocycles. The van der Waals surface area contributed by atoms with Crippen molar-refractivity contribution in [1.29, 1.82) is 0 Å². The van der Waals surface area contributed by atoms with Gasteiger partial charge in [-0.05, 0) is 27.2 Å². The van der Waals surface area contributed by atoms with Crippen molar-refractivity contribution in [2.45, 2.75) is 51.7 Å². The van der Waals surface area contributed by atoms with E-state index >= 15 is 0 Å². The zero-order valence-electron chi connectivity index (χ0n) is 12.3. The lowest BCUT2D eigenvalue weighted by molar-refractivity contribution is -0.132. The van der Waals surface area contributed by atoms with Gasteiger partial charge in [0.15, 0.2) is 0 Å². The molecule has 1 aliphatic rings. The van der Waals surface area contributed by atoms with Gasteiger partial charge in [0.1, 0.15) is 6.04 Å². The SMILES string of the molecule is CCC(C)(C)NC(=O)C(C)N1CCNCC1C(N)=O. The lowest BCUT2D eigenvalue weighted by Crippen LogP contribution is -2.63. The summed E-state index contributed by atoms with van der Waals surface area (Å²) >= 11 is 0. The quantitative estimate of drug-likeness (QED) is 0.625. The number of carbonyl (C=O) groups excluding carboxylic acids is 2. The summed E-state index contributed by atoms with van der Waals surface area (Å²) in [6.07, 6.45) is 0.853. The van der Waals surface area contributed by atoms with Crippen molar-refractivity contribution < 1.29 is 9.59 Å². The standard InChI is InChI=1S/C13H26N4O2/c1-5-13(3,4)16-12(19)9(2)17-7-6-15-8-10(17)11(14)18/h9-10,15H,5-8H2,1-4H3,(H2,14,18)(H,16,19). The van der Waals surface area contributed by atoms with Gasteiger partial charge in [-0.1, -0.05) is 6.92 Å². The molecule has 0 radical (unpaired) electrons. The number of hydrogen-bond donors (Lipinski definition) is 3. The Morgan fingerprint density at radius 2 is 2.16 bits per heavy atom. The first kappa shape index (κ1) is 15.9. The third kappa shape index (κ3) is 4.18. The van der Waals surface area contributed by atoms with E-state index in [4.69, 9.17) is 5.73 Å². The van der Waals surface area contributed by atoms with Crippen LogP contribution in [0.1, 0.15) is 34.1 Å². The molecule has 0 aromatic carbocycles. The van der Waals surface area contributed by atoms with Crippen molar-refractivity contribution in [1.82, 2.24) is 15.5 Å². The van der Waals surface area contributed by atoms with Gasteiger partial charge in [-0.3, -0.25) is 14.5 Å². The van der Waals surface area contributed by atoms with Gasteiger partial charge in [0.25, 0.3) is 0 Å². The van der Waals surface area contributed by atoms with E-state index in [9.17, 15) is 9.59 Å². The maximum absolute atomic E-state index is 12.3. The maximum Gasteiger partial charge on any atom is 0.237 e. The fraction of sp³-hybridized carbons (Fsp3) is 0.846. The first-order chi connectivity index (χ1) is 8.78. The Labute approximate surface area is 115 Å². The van der Waals surface area contributed by atoms with E-state index < -0.39 is 6.04 Å². The molecule has 1 fully saturated rings. The monoisotopic (exact) mass is 270 g/mol. The summed E-state index contributed by atoms with van der Waals surface area (Å²) < 4.78 is 0. The average Bonchev–Trinajstić information content (AvgIpc) is 2.37.